The molecule has 0 fully saturated rings. The number of unbranched alkanes of at least 4 members (excludes halogenated alkanes) is 37. The Bertz CT molecular complexity index is 1500. The summed E-state index contributed by atoms with van der Waals surface area (Å²) >= 11 is 0. The van der Waals surface area contributed by atoms with E-state index in [4.69, 9.17) is 14.2 Å². The van der Waals surface area contributed by atoms with Gasteiger partial charge in [0, 0.05) is 19.3 Å². The Balaban J connectivity index is 4.23. The molecule has 0 amide bonds. The first-order valence-electron chi connectivity index (χ1n) is 34.1. The average Bonchev–Trinajstić information content (AvgIpc) is 3.45. The smallest absolute Gasteiger partial charge is 0.306 e. The van der Waals surface area contributed by atoms with Gasteiger partial charge in [-0.05, 0) is 96.3 Å². The quantitative estimate of drug-likeness (QED) is 0.0261. The van der Waals surface area contributed by atoms with Gasteiger partial charge in [-0.1, -0.05) is 311 Å². The highest BCUT2D eigenvalue weighted by atomic mass is 16.6. The van der Waals surface area contributed by atoms with Crippen LogP contribution >= 0.6 is 0 Å². The summed E-state index contributed by atoms with van der Waals surface area (Å²) in [4.78, 5) is 38.4. The van der Waals surface area contributed by atoms with Crippen molar-refractivity contribution in [3.05, 3.63) is 85.1 Å². The SMILES string of the molecule is CC/C=C\C/C=C\C/C=C\C/C=C\C/C=C\C/C=C\CCCCCCCCCCCCCCC(=O)OCC(COC(=O)CCCCCCCCCCCCCCCCC)OC(=O)CCCCCCC/C=C\CCCCCCCC. The fourth-order valence-electron chi connectivity index (χ4n) is 9.80. The van der Waals surface area contributed by atoms with Crippen LogP contribution in [0.25, 0.3) is 0 Å². The first kappa shape index (κ1) is 75.6. The van der Waals surface area contributed by atoms with Crippen LogP contribution in [-0.4, -0.2) is 37.2 Å². The molecule has 456 valence electrons. The molecule has 0 aromatic rings. The maximum atomic E-state index is 12.9. The Morgan fingerprint density at radius 2 is 0.494 bits per heavy atom. The number of ether oxygens (including phenoxy) is 3. The molecule has 0 aliphatic carbocycles. The van der Waals surface area contributed by atoms with Crippen LogP contribution in [0.2, 0.25) is 0 Å². The van der Waals surface area contributed by atoms with Crippen molar-refractivity contribution >= 4 is 17.9 Å². The molecular formula is C73H128O6. The number of hydrogen-bond donors (Lipinski definition) is 0. The average molecular weight is 1100 g/mol. The summed E-state index contributed by atoms with van der Waals surface area (Å²) in [5.41, 5.74) is 0. The summed E-state index contributed by atoms with van der Waals surface area (Å²) in [5.74, 6) is -0.868. The predicted molar refractivity (Wildman–Crippen MR) is 344 cm³/mol. The zero-order valence-corrected chi connectivity index (χ0v) is 52.4. The van der Waals surface area contributed by atoms with E-state index in [0.29, 0.717) is 19.3 Å². The number of rotatable bonds is 62. The monoisotopic (exact) mass is 1100 g/mol. The molecule has 1 unspecified atom stereocenters. The molecular weight excluding hydrogens is 973 g/mol. The van der Waals surface area contributed by atoms with Gasteiger partial charge >= 0.3 is 17.9 Å². The zero-order chi connectivity index (χ0) is 57.1. The Kier molecular flexibility index (Phi) is 64.2. The van der Waals surface area contributed by atoms with Crippen LogP contribution in [0.15, 0.2) is 85.1 Å². The second-order valence-electron chi connectivity index (χ2n) is 22.7. The van der Waals surface area contributed by atoms with Gasteiger partial charge in [0.15, 0.2) is 6.10 Å². The molecule has 0 rings (SSSR count). The Hall–Kier alpha value is -3.41. The van der Waals surface area contributed by atoms with Gasteiger partial charge in [-0.15, -0.1) is 0 Å². The summed E-state index contributed by atoms with van der Waals surface area (Å²) in [6.45, 7) is 6.56. The number of hydrogen-bond acceptors (Lipinski definition) is 6. The molecule has 0 spiro atoms. The minimum absolute atomic E-state index is 0.0754. The van der Waals surface area contributed by atoms with E-state index < -0.39 is 6.10 Å². The van der Waals surface area contributed by atoms with E-state index in [2.05, 4.69) is 106 Å². The number of carbonyl (C=O) groups is 3. The summed E-state index contributed by atoms with van der Waals surface area (Å²) in [7, 11) is 0. The van der Waals surface area contributed by atoms with Crippen molar-refractivity contribution in [3.63, 3.8) is 0 Å². The molecule has 0 saturated carbocycles. The fraction of sp³-hybridized carbons (Fsp3) is 0.767. The third kappa shape index (κ3) is 65.3. The molecule has 0 aromatic carbocycles. The third-order valence-corrected chi connectivity index (χ3v) is 14.9. The van der Waals surface area contributed by atoms with Gasteiger partial charge in [0.2, 0.25) is 0 Å². The van der Waals surface area contributed by atoms with Crippen molar-refractivity contribution in [3.8, 4) is 0 Å². The topological polar surface area (TPSA) is 78.9 Å². The van der Waals surface area contributed by atoms with Crippen molar-refractivity contribution in [2.24, 2.45) is 0 Å². The van der Waals surface area contributed by atoms with Crippen molar-refractivity contribution in [2.75, 3.05) is 13.2 Å². The maximum Gasteiger partial charge on any atom is 0.306 e. The van der Waals surface area contributed by atoms with Gasteiger partial charge in [-0.2, -0.15) is 0 Å². The van der Waals surface area contributed by atoms with Gasteiger partial charge in [0.1, 0.15) is 13.2 Å². The minimum atomic E-state index is -0.780. The summed E-state index contributed by atoms with van der Waals surface area (Å²) in [5, 5.41) is 0. The molecule has 0 N–H and O–H groups in total. The fourth-order valence-corrected chi connectivity index (χ4v) is 9.80. The van der Waals surface area contributed by atoms with E-state index in [-0.39, 0.29) is 31.1 Å². The third-order valence-electron chi connectivity index (χ3n) is 14.9. The lowest BCUT2D eigenvalue weighted by molar-refractivity contribution is -0.167. The molecule has 0 saturated heterocycles. The highest BCUT2D eigenvalue weighted by Gasteiger charge is 2.19. The second-order valence-corrected chi connectivity index (χ2v) is 22.7. The van der Waals surface area contributed by atoms with Crippen LogP contribution in [0.4, 0.5) is 0 Å². The largest absolute Gasteiger partial charge is 0.462 e. The Morgan fingerprint density at radius 3 is 0.785 bits per heavy atom. The van der Waals surface area contributed by atoms with Gasteiger partial charge < -0.3 is 14.2 Å². The molecule has 79 heavy (non-hydrogen) atoms. The van der Waals surface area contributed by atoms with Crippen LogP contribution in [0.3, 0.4) is 0 Å². The lowest BCUT2D eigenvalue weighted by Gasteiger charge is -2.18. The Morgan fingerprint density at radius 1 is 0.266 bits per heavy atom. The van der Waals surface area contributed by atoms with Gasteiger partial charge in [0.05, 0.1) is 0 Å². The standard InChI is InChI=1S/C73H128O6/c1-4-7-10-13-16-19-22-25-28-29-30-31-32-33-34-35-36-37-38-39-40-41-42-43-46-48-51-54-57-60-63-66-72(75)78-69-70(79-73(76)67-64-61-58-55-52-49-45-27-24-21-18-15-12-9-6-3)68-77-71(74)65-62-59-56-53-50-47-44-26-23-20-17-14-11-8-5-2/h7,10,16,19,25,27-28,30-31,33-34,36-37,45,70H,4-6,8-9,11-15,17-18,20-24,26,29,32,35,38-44,46-69H2,1-3H3/b10-7-,19-16-,28-25-,31-30-,34-33-,37-36-,45-27-. The number of carbonyl (C=O) groups excluding carboxylic acids is 3. The second kappa shape index (κ2) is 67.1. The summed E-state index contributed by atoms with van der Waals surface area (Å²) in [6, 6.07) is 0. The lowest BCUT2D eigenvalue weighted by Crippen LogP contribution is -2.30. The molecule has 6 heteroatoms. The molecule has 0 radical (unpaired) electrons. The van der Waals surface area contributed by atoms with Crippen molar-refractivity contribution < 1.29 is 28.6 Å². The van der Waals surface area contributed by atoms with E-state index >= 15 is 0 Å². The summed E-state index contributed by atoms with van der Waals surface area (Å²) < 4.78 is 17.0. The van der Waals surface area contributed by atoms with Gasteiger partial charge in [-0.25, -0.2) is 0 Å². The number of allylic oxidation sites excluding steroid dienone is 14. The van der Waals surface area contributed by atoms with E-state index in [9.17, 15) is 14.4 Å². The molecule has 0 bridgehead atoms. The van der Waals surface area contributed by atoms with Crippen LogP contribution < -0.4 is 0 Å². The van der Waals surface area contributed by atoms with Gasteiger partial charge in [-0.3, -0.25) is 14.4 Å². The molecule has 0 aliphatic heterocycles. The van der Waals surface area contributed by atoms with Crippen molar-refractivity contribution in [1.82, 2.24) is 0 Å². The summed E-state index contributed by atoms with van der Waals surface area (Å²) in [6.07, 6.45) is 88.8. The maximum absolute atomic E-state index is 12.9. The zero-order valence-electron chi connectivity index (χ0n) is 52.4. The van der Waals surface area contributed by atoms with E-state index in [1.807, 2.05) is 0 Å². The normalized spacial score (nSPS) is 12.6. The highest BCUT2D eigenvalue weighted by Crippen LogP contribution is 2.17. The van der Waals surface area contributed by atoms with E-state index in [1.165, 1.54) is 199 Å². The predicted octanol–water partition coefficient (Wildman–Crippen LogP) is 23.4. The molecule has 6 nitrogen and oxygen atoms in total. The van der Waals surface area contributed by atoms with Crippen LogP contribution in [0, 0.1) is 0 Å². The van der Waals surface area contributed by atoms with Crippen molar-refractivity contribution in [2.45, 2.75) is 348 Å². The van der Waals surface area contributed by atoms with Gasteiger partial charge in [0.25, 0.3) is 0 Å². The molecule has 0 aromatic heterocycles. The first-order valence-corrected chi connectivity index (χ1v) is 34.1. The highest BCUT2D eigenvalue weighted by molar-refractivity contribution is 5.71. The lowest BCUT2D eigenvalue weighted by atomic mass is 10.0. The van der Waals surface area contributed by atoms with E-state index in [1.54, 1.807) is 0 Å². The molecule has 0 aliphatic rings. The number of esters is 3. The molecule has 0 heterocycles. The van der Waals surface area contributed by atoms with Crippen LogP contribution in [-0.2, 0) is 28.6 Å². The first-order chi connectivity index (χ1) is 39.0. The van der Waals surface area contributed by atoms with Crippen LogP contribution in [0.5, 0.6) is 0 Å². The Labute approximate surface area is 490 Å². The van der Waals surface area contributed by atoms with Crippen molar-refractivity contribution in [1.29, 1.82) is 0 Å². The molecule has 1 atom stereocenters. The minimum Gasteiger partial charge on any atom is -0.462 e. The van der Waals surface area contributed by atoms with Crippen LogP contribution in [0.1, 0.15) is 342 Å². The van der Waals surface area contributed by atoms with E-state index in [0.717, 1.165) is 103 Å².